The van der Waals surface area contributed by atoms with Gasteiger partial charge in [0, 0.05) is 10.9 Å². The van der Waals surface area contributed by atoms with Crippen molar-refractivity contribution in [2.75, 3.05) is 0 Å². The fraction of sp³-hybridized carbons (Fsp3) is 0.412. The van der Waals surface area contributed by atoms with Crippen molar-refractivity contribution in [1.29, 1.82) is 0 Å². The van der Waals surface area contributed by atoms with E-state index in [2.05, 4.69) is 31.2 Å². The first-order chi connectivity index (χ1) is 9.81. The van der Waals surface area contributed by atoms with Gasteiger partial charge in [-0.2, -0.15) is 0 Å². The van der Waals surface area contributed by atoms with Crippen molar-refractivity contribution >= 4 is 11.6 Å². The van der Waals surface area contributed by atoms with E-state index in [0.29, 0.717) is 0 Å². The molecule has 2 aliphatic carbocycles. The van der Waals surface area contributed by atoms with Gasteiger partial charge in [-0.05, 0) is 42.0 Å². The Bertz CT molecular complexity index is 704. The highest BCUT2D eigenvalue weighted by molar-refractivity contribution is 5.84. The van der Waals surface area contributed by atoms with Crippen LogP contribution in [0.1, 0.15) is 37.4 Å². The number of hydrogen-bond acceptors (Lipinski definition) is 2. The normalized spacial score (nSPS) is 15.9. The SMILES string of the molecule is CCCCc1c(CO)n(CO)c2c1=CC1=CC=CCC=21. The molecule has 0 aliphatic heterocycles. The summed E-state index contributed by atoms with van der Waals surface area (Å²) in [7, 11) is 0. The molecule has 1 aromatic heterocycles. The van der Waals surface area contributed by atoms with E-state index in [-0.39, 0.29) is 13.3 Å². The first kappa shape index (κ1) is 13.4. The topological polar surface area (TPSA) is 45.4 Å². The minimum absolute atomic E-state index is 0.0113. The largest absolute Gasteiger partial charge is 0.390 e. The average Bonchev–Trinajstić information content (AvgIpc) is 2.98. The van der Waals surface area contributed by atoms with Crippen LogP contribution in [0.4, 0.5) is 0 Å². The maximum Gasteiger partial charge on any atom is 0.120 e. The van der Waals surface area contributed by atoms with E-state index in [4.69, 9.17) is 0 Å². The Kier molecular flexibility index (Phi) is 3.64. The molecule has 106 valence electrons. The van der Waals surface area contributed by atoms with Crippen LogP contribution in [0.5, 0.6) is 0 Å². The third-order valence-electron chi connectivity index (χ3n) is 4.26. The van der Waals surface area contributed by atoms with E-state index in [0.717, 1.165) is 36.7 Å². The van der Waals surface area contributed by atoms with Crippen LogP contribution in [0, 0.1) is 0 Å². The number of nitrogens with zero attached hydrogens (tertiary/aromatic N) is 1. The van der Waals surface area contributed by atoms with Gasteiger partial charge >= 0.3 is 0 Å². The highest BCUT2D eigenvalue weighted by atomic mass is 16.3. The Morgan fingerprint density at radius 2 is 2.15 bits per heavy atom. The van der Waals surface area contributed by atoms with E-state index >= 15 is 0 Å². The predicted molar refractivity (Wildman–Crippen MR) is 80.1 cm³/mol. The Morgan fingerprint density at radius 1 is 1.30 bits per heavy atom. The van der Waals surface area contributed by atoms with Crippen molar-refractivity contribution in [3.8, 4) is 0 Å². The number of fused-ring (bicyclic) bond motifs is 2. The fourth-order valence-corrected chi connectivity index (χ4v) is 3.29. The third kappa shape index (κ3) is 1.89. The van der Waals surface area contributed by atoms with E-state index in [1.54, 1.807) is 0 Å². The zero-order valence-electron chi connectivity index (χ0n) is 11.9. The lowest BCUT2D eigenvalue weighted by Crippen LogP contribution is -2.30. The van der Waals surface area contributed by atoms with Gasteiger partial charge in [0.2, 0.25) is 0 Å². The molecule has 0 saturated heterocycles. The summed E-state index contributed by atoms with van der Waals surface area (Å²) in [5.41, 5.74) is 4.61. The van der Waals surface area contributed by atoms with Crippen molar-refractivity contribution in [1.82, 2.24) is 4.57 Å². The first-order valence-electron chi connectivity index (χ1n) is 7.35. The molecular formula is C17H21NO2. The van der Waals surface area contributed by atoms with Gasteiger partial charge in [-0.3, -0.25) is 0 Å². The fourth-order valence-electron chi connectivity index (χ4n) is 3.29. The summed E-state index contributed by atoms with van der Waals surface area (Å²) in [6, 6.07) is 0. The third-order valence-corrected chi connectivity index (χ3v) is 4.26. The Labute approximate surface area is 118 Å². The molecule has 20 heavy (non-hydrogen) atoms. The van der Waals surface area contributed by atoms with Crippen molar-refractivity contribution in [3.63, 3.8) is 0 Å². The lowest BCUT2D eigenvalue weighted by atomic mass is 10.0. The van der Waals surface area contributed by atoms with Crippen LogP contribution in [-0.4, -0.2) is 14.8 Å². The van der Waals surface area contributed by atoms with Gasteiger partial charge in [0.25, 0.3) is 0 Å². The summed E-state index contributed by atoms with van der Waals surface area (Å²) in [6.07, 6.45) is 12.7. The Balaban J connectivity index is 2.28. The number of aliphatic hydroxyl groups is 2. The molecule has 0 fully saturated rings. The molecular weight excluding hydrogens is 250 g/mol. The molecule has 0 bridgehead atoms. The quantitative estimate of drug-likeness (QED) is 0.842. The maximum atomic E-state index is 9.73. The number of allylic oxidation sites excluding steroid dienone is 4. The average molecular weight is 271 g/mol. The lowest BCUT2D eigenvalue weighted by Gasteiger charge is -2.11. The highest BCUT2D eigenvalue weighted by Crippen LogP contribution is 2.24. The van der Waals surface area contributed by atoms with Crippen molar-refractivity contribution in [3.05, 3.63) is 45.6 Å². The molecule has 1 aromatic rings. The molecule has 3 heteroatoms. The number of rotatable bonds is 5. The van der Waals surface area contributed by atoms with Crippen molar-refractivity contribution < 1.29 is 10.2 Å². The summed E-state index contributed by atoms with van der Waals surface area (Å²) >= 11 is 0. The minimum Gasteiger partial charge on any atom is -0.390 e. The second-order valence-corrected chi connectivity index (χ2v) is 5.40. The lowest BCUT2D eigenvalue weighted by molar-refractivity contribution is 0.189. The van der Waals surface area contributed by atoms with E-state index in [1.165, 1.54) is 21.9 Å². The highest BCUT2D eigenvalue weighted by Gasteiger charge is 2.21. The van der Waals surface area contributed by atoms with Crippen LogP contribution in [0.25, 0.3) is 11.6 Å². The van der Waals surface area contributed by atoms with Crippen LogP contribution in [0.2, 0.25) is 0 Å². The Morgan fingerprint density at radius 3 is 2.85 bits per heavy atom. The van der Waals surface area contributed by atoms with Gasteiger partial charge in [-0.15, -0.1) is 0 Å². The summed E-state index contributed by atoms with van der Waals surface area (Å²) in [6.45, 7) is 2.09. The standard InChI is InChI=1S/C17H21NO2/c1-2-3-7-14-15-9-12-6-4-5-8-13(12)17(15)18(11-20)16(14)10-19/h4-6,9,19-20H,2-3,7-8,10-11H2,1H3. The summed E-state index contributed by atoms with van der Waals surface area (Å²) < 4.78 is 1.88. The number of unbranched alkanes of at least 4 members (excludes halogenated alkanes) is 1. The first-order valence-corrected chi connectivity index (χ1v) is 7.35. The van der Waals surface area contributed by atoms with Crippen LogP contribution in [0.15, 0.2) is 23.8 Å². The molecule has 0 amide bonds. The number of hydrogen-bond donors (Lipinski definition) is 2. The van der Waals surface area contributed by atoms with Gasteiger partial charge in [-0.1, -0.05) is 31.6 Å². The monoisotopic (exact) mass is 271 g/mol. The van der Waals surface area contributed by atoms with Gasteiger partial charge < -0.3 is 14.8 Å². The second kappa shape index (κ2) is 5.43. The van der Waals surface area contributed by atoms with Crippen molar-refractivity contribution in [2.45, 2.75) is 45.9 Å². The minimum atomic E-state index is -0.0707. The smallest absolute Gasteiger partial charge is 0.120 e. The molecule has 0 radical (unpaired) electrons. The van der Waals surface area contributed by atoms with Crippen LogP contribution in [-0.2, 0) is 19.8 Å². The summed E-state index contributed by atoms with van der Waals surface area (Å²) in [5, 5.41) is 21.7. The molecule has 0 saturated carbocycles. The molecule has 0 spiro atoms. The molecule has 2 N–H and O–H groups in total. The summed E-state index contributed by atoms with van der Waals surface area (Å²) in [4.78, 5) is 0. The van der Waals surface area contributed by atoms with Crippen LogP contribution < -0.4 is 10.6 Å². The number of aliphatic hydroxyl groups excluding tert-OH is 2. The number of aromatic nitrogens is 1. The molecule has 2 aliphatic rings. The van der Waals surface area contributed by atoms with Crippen LogP contribution in [0.3, 0.4) is 0 Å². The van der Waals surface area contributed by atoms with E-state index in [9.17, 15) is 10.2 Å². The molecule has 3 rings (SSSR count). The maximum absolute atomic E-state index is 9.73. The van der Waals surface area contributed by atoms with Gasteiger partial charge in [0.1, 0.15) is 6.73 Å². The van der Waals surface area contributed by atoms with Crippen LogP contribution >= 0.6 is 0 Å². The molecule has 0 unspecified atom stereocenters. The van der Waals surface area contributed by atoms with Crippen molar-refractivity contribution in [2.24, 2.45) is 0 Å². The predicted octanol–water partition coefficient (Wildman–Crippen LogP) is 1.10. The zero-order valence-corrected chi connectivity index (χ0v) is 11.9. The Hall–Kier alpha value is -1.58. The van der Waals surface area contributed by atoms with Gasteiger partial charge in [0.05, 0.1) is 12.0 Å². The van der Waals surface area contributed by atoms with E-state index in [1.807, 2.05) is 4.57 Å². The van der Waals surface area contributed by atoms with E-state index < -0.39 is 0 Å². The van der Waals surface area contributed by atoms with Gasteiger partial charge in [-0.25, -0.2) is 0 Å². The summed E-state index contributed by atoms with van der Waals surface area (Å²) in [5.74, 6) is 0. The molecule has 0 aromatic carbocycles. The van der Waals surface area contributed by atoms with Gasteiger partial charge in [0.15, 0.2) is 0 Å². The molecule has 3 nitrogen and oxygen atoms in total. The molecule has 1 heterocycles. The molecule has 0 atom stereocenters. The second-order valence-electron chi connectivity index (χ2n) is 5.40. The zero-order chi connectivity index (χ0) is 14.1.